The van der Waals surface area contributed by atoms with Gasteiger partial charge in [-0.2, -0.15) is 0 Å². The van der Waals surface area contributed by atoms with Gasteiger partial charge in [0.05, 0.1) is 0 Å². The molecule has 0 atom stereocenters. The Bertz CT molecular complexity index is 1280. The van der Waals surface area contributed by atoms with Crippen LogP contribution in [0.4, 0.5) is 0 Å². The van der Waals surface area contributed by atoms with Crippen molar-refractivity contribution in [1.29, 1.82) is 0 Å². The van der Waals surface area contributed by atoms with Crippen molar-refractivity contribution in [2.75, 3.05) is 0 Å². The van der Waals surface area contributed by atoms with Crippen molar-refractivity contribution in [3.63, 3.8) is 0 Å². The van der Waals surface area contributed by atoms with Gasteiger partial charge in [-0.25, -0.2) is 0 Å². The molecule has 0 spiro atoms. The summed E-state index contributed by atoms with van der Waals surface area (Å²) >= 11 is 0. The molecule has 5 rings (SSSR count). The molecule has 0 radical (unpaired) electrons. The molecule has 0 heterocycles. The zero-order chi connectivity index (χ0) is 17.0. The highest BCUT2D eigenvalue weighted by Crippen LogP contribution is 2.38. The largest absolute Gasteiger partial charge is 0.489 e. The number of fused-ring (bicyclic) bond motifs is 8. The van der Waals surface area contributed by atoms with Crippen LogP contribution in [-0.4, -0.2) is 17.2 Å². The third-order valence-corrected chi connectivity index (χ3v) is 5.06. The lowest BCUT2D eigenvalue weighted by Gasteiger charge is -2.15. The molecule has 5 aromatic carbocycles. The van der Waals surface area contributed by atoms with Gasteiger partial charge in [0, 0.05) is 0 Å². The summed E-state index contributed by atoms with van der Waals surface area (Å²) in [5.74, 6) is 0. The van der Waals surface area contributed by atoms with Crippen LogP contribution in [0.25, 0.3) is 43.1 Å². The number of rotatable bonds is 1. The van der Waals surface area contributed by atoms with Gasteiger partial charge < -0.3 is 10.0 Å². The van der Waals surface area contributed by atoms with Crippen LogP contribution in [0.15, 0.2) is 78.9 Å². The predicted octanol–water partition coefficient (Wildman–Crippen LogP) is 3.98. The van der Waals surface area contributed by atoms with Crippen molar-refractivity contribution in [3.05, 3.63) is 78.9 Å². The molecule has 0 bridgehead atoms. The summed E-state index contributed by atoms with van der Waals surface area (Å²) in [5, 5.41) is 28.7. The Balaban J connectivity index is 2.20. The SMILES string of the molecule is OB(O)c1cc2c3ccccc3c3ccccc3c2c2ccccc12. The Morgan fingerprint density at radius 3 is 1.44 bits per heavy atom. The molecule has 0 aromatic heterocycles. The van der Waals surface area contributed by atoms with Gasteiger partial charge in [-0.1, -0.05) is 78.9 Å². The molecule has 0 aliphatic heterocycles. The average molecular weight is 322 g/mol. The molecule has 0 fully saturated rings. The molecule has 2 N–H and O–H groups in total. The number of hydrogen-bond donors (Lipinski definition) is 2. The van der Waals surface area contributed by atoms with Gasteiger partial charge in [0.1, 0.15) is 0 Å². The van der Waals surface area contributed by atoms with Gasteiger partial charge in [-0.3, -0.25) is 0 Å². The van der Waals surface area contributed by atoms with Crippen molar-refractivity contribution >= 4 is 55.7 Å². The fourth-order valence-corrected chi connectivity index (χ4v) is 4.01. The Labute approximate surface area is 145 Å². The molecular weight excluding hydrogens is 307 g/mol. The molecule has 0 amide bonds. The van der Waals surface area contributed by atoms with Crippen LogP contribution in [0, 0.1) is 0 Å². The molecule has 0 saturated carbocycles. The summed E-state index contributed by atoms with van der Waals surface area (Å²) in [6, 6.07) is 26.6. The Morgan fingerprint density at radius 1 is 0.480 bits per heavy atom. The van der Waals surface area contributed by atoms with Crippen LogP contribution >= 0.6 is 0 Å². The summed E-state index contributed by atoms with van der Waals surface area (Å²) in [5.41, 5.74) is 0.545. The zero-order valence-corrected chi connectivity index (χ0v) is 13.5. The lowest BCUT2D eigenvalue weighted by molar-refractivity contribution is 0.426. The highest BCUT2D eigenvalue weighted by molar-refractivity contribution is 6.63. The molecule has 2 nitrogen and oxygen atoms in total. The topological polar surface area (TPSA) is 40.5 Å². The molecule has 25 heavy (non-hydrogen) atoms. The first-order valence-electron chi connectivity index (χ1n) is 8.36. The van der Waals surface area contributed by atoms with Crippen LogP contribution in [0.1, 0.15) is 0 Å². The Hall–Kier alpha value is -2.88. The van der Waals surface area contributed by atoms with Crippen molar-refractivity contribution in [3.8, 4) is 0 Å². The van der Waals surface area contributed by atoms with Crippen LogP contribution in [0.2, 0.25) is 0 Å². The van der Waals surface area contributed by atoms with Gasteiger partial charge in [-0.15, -0.1) is 0 Å². The summed E-state index contributed by atoms with van der Waals surface area (Å²) in [4.78, 5) is 0. The third-order valence-electron chi connectivity index (χ3n) is 5.06. The lowest BCUT2D eigenvalue weighted by Crippen LogP contribution is -2.30. The van der Waals surface area contributed by atoms with E-state index in [4.69, 9.17) is 0 Å². The first kappa shape index (κ1) is 14.5. The van der Waals surface area contributed by atoms with E-state index in [1.807, 2.05) is 36.4 Å². The second-order valence-corrected chi connectivity index (χ2v) is 6.40. The molecule has 0 aliphatic carbocycles. The monoisotopic (exact) mass is 322 g/mol. The molecule has 3 heteroatoms. The van der Waals surface area contributed by atoms with Gasteiger partial charge in [0.2, 0.25) is 0 Å². The first-order chi connectivity index (χ1) is 12.3. The van der Waals surface area contributed by atoms with E-state index in [9.17, 15) is 10.0 Å². The minimum Gasteiger partial charge on any atom is -0.423 e. The van der Waals surface area contributed by atoms with Gasteiger partial charge in [-0.05, 0) is 48.6 Å². The van der Waals surface area contributed by atoms with Crippen LogP contribution in [0.3, 0.4) is 0 Å². The predicted molar refractivity (Wildman–Crippen MR) is 106 cm³/mol. The summed E-state index contributed by atoms with van der Waals surface area (Å²) < 4.78 is 0. The molecule has 118 valence electrons. The van der Waals surface area contributed by atoms with Gasteiger partial charge >= 0.3 is 7.12 Å². The normalized spacial score (nSPS) is 11.6. The van der Waals surface area contributed by atoms with E-state index >= 15 is 0 Å². The maximum Gasteiger partial charge on any atom is 0.489 e. The highest BCUT2D eigenvalue weighted by atomic mass is 16.4. The molecule has 0 saturated heterocycles. The Morgan fingerprint density at radius 2 is 0.880 bits per heavy atom. The van der Waals surface area contributed by atoms with Gasteiger partial charge in [0.25, 0.3) is 0 Å². The fraction of sp³-hybridized carbons (Fsp3) is 0. The quantitative estimate of drug-likeness (QED) is 0.362. The summed E-state index contributed by atoms with van der Waals surface area (Å²) in [7, 11) is -1.50. The van der Waals surface area contributed by atoms with E-state index in [1.54, 1.807) is 0 Å². The number of benzene rings is 5. The van der Waals surface area contributed by atoms with Gasteiger partial charge in [0.15, 0.2) is 0 Å². The second kappa shape index (κ2) is 5.31. The van der Waals surface area contributed by atoms with E-state index in [0.717, 1.165) is 26.9 Å². The maximum absolute atomic E-state index is 9.92. The fourth-order valence-electron chi connectivity index (χ4n) is 4.01. The van der Waals surface area contributed by atoms with Crippen LogP contribution in [-0.2, 0) is 0 Å². The molecule has 0 unspecified atom stereocenters. The standard InChI is InChI=1S/C22H15BO2/c24-23(25)21-13-20-16-9-2-1-7-14(16)15-8-3-5-11-18(15)22(20)19-12-6-4-10-17(19)21/h1-13,24-25H. The van der Waals surface area contributed by atoms with Crippen molar-refractivity contribution in [2.45, 2.75) is 0 Å². The number of hydrogen-bond acceptors (Lipinski definition) is 2. The highest BCUT2D eigenvalue weighted by Gasteiger charge is 2.19. The molecule has 0 aliphatic rings. The van der Waals surface area contributed by atoms with E-state index in [2.05, 4.69) is 42.5 Å². The minimum absolute atomic E-state index is 0.545. The van der Waals surface area contributed by atoms with E-state index < -0.39 is 7.12 Å². The zero-order valence-electron chi connectivity index (χ0n) is 13.5. The molecule has 5 aromatic rings. The lowest BCUT2D eigenvalue weighted by atomic mass is 9.75. The first-order valence-corrected chi connectivity index (χ1v) is 8.36. The van der Waals surface area contributed by atoms with Crippen molar-refractivity contribution < 1.29 is 10.0 Å². The van der Waals surface area contributed by atoms with Crippen LogP contribution in [0.5, 0.6) is 0 Å². The maximum atomic E-state index is 9.92. The summed E-state index contributed by atoms with van der Waals surface area (Å²) in [6.07, 6.45) is 0. The van der Waals surface area contributed by atoms with Crippen LogP contribution < -0.4 is 5.46 Å². The van der Waals surface area contributed by atoms with Crippen molar-refractivity contribution in [2.24, 2.45) is 0 Å². The average Bonchev–Trinajstić information content (AvgIpc) is 2.67. The van der Waals surface area contributed by atoms with E-state index in [1.165, 1.54) is 16.2 Å². The minimum atomic E-state index is -1.50. The second-order valence-electron chi connectivity index (χ2n) is 6.40. The smallest absolute Gasteiger partial charge is 0.423 e. The van der Waals surface area contributed by atoms with Crippen molar-refractivity contribution in [1.82, 2.24) is 0 Å². The van der Waals surface area contributed by atoms with E-state index in [-0.39, 0.29) is 0 Å². The summed E-state index contributed by atoms with van der Waals surface area (Å²) in [6.45, 7) is 0. The molecular formula is C22H15BO2. The van der Waals surface area contributed by atoms with E-state index in [0.29, 0.717) is 5.46 Å². The Kier molecular flexibility index (Phi) is 3.08. The third kappa shape index (κ3) is 2.00.